The van der Waals surface area contributed by atoms with Crippen molar-refractivity contribution in [2.24, 2.45) is 0 Å². The van der Waals surface area contributed by atoms with Gasteiger partial charge >= 0.3 is 0 Å². The number of fused-ring (bicyclic) bond motifs is 11. The molecule has 0 saturated carbocycles. The van der Waals surface area contributed by atoms with Gasteiger partial charge in [0.05, 0.1) is 5.69 Å². The molecule has 0 unspecified atom stereocenters. The lowest BCUT2D eigenvalue weighted by molar-refractivity contribution is 0.660. The fourth-order valence-corrected chi connectivity index (χ4v) is 9.89. The Morgan fingerprint density at radius 3 is 1.84 bits per heavy atom. The number of furan rings is 1. The minimum Gasteiger partial charge on any atom is -0.455 e. The summed E-state index contributed by atoms with van der Waals surface area (Å²) in [6.45, 7) is 4.71. The molecular formula is C55H37NO. The van der Waals surface area contributed by atoms with Crippen molar-refractivity contribution in [2.45, 2.75) is 19.3 Å². The van der Waals surface area contributed by atoms with Crippen LogP contribution in [0.15, 0.2) is 192 Å². The molecule has 0 bridgehead atoms. The summed E-state index contributed by atoms with van der Waals surface area (Å²) in [5.41, 5.74) is 12.7. The molecule has 11 aromatic rings. The second-order valence-electron chi connectivity index (χ2n) is 16.1. The van der Waals surface area contributed by atoms with Crippen LogP contribution >= 0.6 is 0 Å². The predicted octanol–water partition coefficient (Wildman–Crippen LogP) is 15.6. The van der Waals surface area contributed by atoms with Crippen LogP contribution in [-0.4, -0.2) is 0 Å². The fraction of sp³-hybridized carbons (Fsp3) is 0.0545. The highest BCUT2D eigenvalue weighted by Gasteiger charge is 2.36. The average molecular weight is 728 g/mol. The number of hydrogen-bond donors (Lipinski definition) is 0. The fourth-order valence-electron chi connectivity index (χ4n) is 9.89. The summed E-state index contributed by atoms with van der Waals surface area (Å²) in [6, 6.07) is 68.9. The van der Waals surface area contributed by atoms with Gasteiger partial charge in [-0.05, 0) is 114 Å². The first-order valence-electron chi connectivity index (χ1n) is 19.8. The van der Waals surface area contributed by atoms with Gasteiger partial charge in [0.15, 0.2) is 0 Å². The van der Waals surface area contributed by atoms with Gasteiger partial charge in [0.1, 0.15) is 11.2 Å². The molecule has 1 aliphatic rings. The molecule has 268 valence electrons. The third-order valence-corrected chi connectivity index (χ3v) is 12.6. The van der Waals surface area contributed by atoms with Crippen LogP contribution in [0.5, 0.6) is 0 Å². The number of benzene rings is 10. The van der Waals surface area contributed by atoms with E-state index in [4.69, 9.17) is 4.42 Å². The van der Waals surface area contributed by atoms with Gasteiger partial charge in [0.2, 0.25) is 0 Å². The third kappa shape index (κ3) is 4.65. The molecule has 0 N–H and O–H groups in total. The van der Waals surface area contributed by atoms with Crippen LogP contribution in [0.25, 0.3) is 87.3 Å². The summed E-state index contributed by atoms with van der Waals surface area (Å²) in [4.78, 5) is 2.44. The Morgan fingerprint density at radius 2 is 1.00 bits per heavy atom. The SMILES string of the molecule is CC1(C)c2ccccc2-c2ccc(N(c3ccc4oc5c(-c6cc7ccccc7c7ccccc67)c6ccccc6cc5c4c3)c3cccc4ccccc34)cc21. The lowest BCUT2D eigenvalue weighted by Crippen LogP contribution is -2.16. The van der Waals surface area contributed by atoms with Crippen LogP contribution in [-0.2, 0) is 5.41 Å². The predicted molar refractivity (Wildman–Crippen MR) is 241 cm³/mol. The third-order valence-electron chi connectivity index (χ3n) is 12.6. The Labute approximate surface area is 330 Å². The van der Waals surface area contributed by atoms with E-state index in [-0.39, 0.29) is 5.41 Å². The minimum atomic E-state index is -0.124. The van der Waals surface area contributed by atoms with Crippen molar-refractivity contribution in [3.63, 3.8) is 0 Å². The highest BCUT2D eigenvalue weighted by molar-refractivity contribution is 6.24. The zero-order valence-electron chi connectivity index (χ0n) is 31.8. The van der Waals surface area contributed by atoms with Gasteiger partial charge in [-0.15, -0.1) is 0 Å². The Kier molecular flexibility index (Phi) is 6.72. The molecule has 0 amide bonds. The summed E-state index contributed by atoms with van der Waals surface area (Å²) < 4.78 is 7.03. The topological polar surface area (TPSA) is 16.4 Å². The van der Waals surface area contributed by atoms with E-state index >= 15 is 0 Å². The molecule has 0 aliphatic heterocycles. The average Bonchev–Trinajstić information content (AvgIpc) is 3.73. The highest BCUT2D eigenvalue weighted by Crippen LogP contribution is 2.52. The van der Waals surface area contributed by atoms with Gasteiger partial charge in [0.25, 0.3) is 0 Å². The van der Waals surface area contributed by atoms with Crippen molar-refractivity contribution in [1.29, 1.82) is 0 Å². The second kappa shape index (κ2) is 11.9. The van der Waals surface area contributed by atoms with E-state index in [1.807, 2.05) is 0 Å². The van der Waals surface area contributed by atoms with Crippen LogP contribution < -0.4 is 4.90 Å². The Hall–Kier alpha value is -7.16. The van der Waals surface area contributed by atoms with E-state index in [1.165, 1.54) is 70.9 Å². The van der Waals surface area contributed by atoms with Crippen molar-refractivity contribution in [2.75, 3.05) is 4.90 Å². The molecule has 0 radical (unpaired) electrons. The molecule has 0 spiro atoms. The van der Waals surface area contributed by atoms with Gasteiger partial charge in [0, 0.05) is 38.5 Å². The van der Waals surface area contributed by atoms with Crippen molar-refractivity contribution in [1.82, 2.24) is 0 Å². The van der Waals surface area contributed by atoms with E-state index in [0.717, 1.165) is 44.6 Å². The van der Waals surface area contributed by atoms with Gasteiger partial charge < -0.3 is 9.32 Å². The molecule has 1 aromatic heterocycles. The Balaban J connectivity index is 1.13. The molecule has 10 aromatic carbocycles. The lowest BCUT2D eigenvalue weighted by atomic mass is 9.82. The summed E-state index contributed by atoms with van der Waals surface area (Å²) in [5, 5.41) is 11.9. The zero-order chi connectivity index (χ0) is 37.8. The van der Waals surface area contributed by atoms with Crippen LogP contribution in [0.2, 0.25) is 0 Å². The van der Waals surface area contributed by atoms with E-state index in [0.29, 0.717) is 0 Å². The molecule has 1 heterocycles. The monoisotopic (exact) mass is 727 g/mol. The van der Waals surface area contributed by atoms with Crippen LogP contribution in [0.1, 0.15) is 25.0 Å². The number of hydrogen-bond acceptors (Lipinski definition) is 2. The van der Waals surface area contributed by atoms with Crippen molar-refractivity contribution in [3.05, 3.63) is 199 Å². The standard InChI is InChI=1S/C55H37NO/c1-55(2)49-24-12-11-23-44(49)45-28-26-38(33-50(45)55)56(51-25-13-17-34-14-3-7-19-40(34)51)37-27-29-52-46(32-37)48-31-36-16-5-8-20-41(36)53(54(48)57-52)47-30-35-15-4-6-18-39(35)42-21-9-10-22-43(42)47/h3-33H,1-2H3. The smallest absolute Gasteiger partial charge is 0.143 e. The molecule has 2 heteroatoms. The first kappa shape index (κ1) is 32.1. The van der Waals surface area contributed by atoms with Gasteiger partial charge in [-0.3, -0.25) is 0 Å². The van der Waals surface area contributed by atoms with Crippen molar-refractivity contribution >= 4 is 82.1 Å². The summed E-state index contributed by atoms with van der Waals surface area (Å²) in [7, 11) is 0. The number of anilines is 3. The van der Waals surface area contributed by atoms with E-state index in [9.17, 15) is 0 Å². The van der Waals surface area contributed by atoms with Crippen molar-refractivity contribution in [3.8, 4) is 22.3 Å². The van der Waals surface area contributed by atoms with E-state index in [2.05, 4.69) is 207 Å². The zero-order valence-corrected chi connectivity index (χ0v) is 31.8. The first-order valence-corrected chi connectivity index (χ1v) is 19.8. The maximum atomic E-state index is 7.03. The maximum Gasteiger partial charge on any atom is 0.143 e. The summed E-state index contributed by atoms with van der Waals surface area (Å²) in [6.07, 6.45) is 0. The van der Waals surface area contributed by atoms with E-state index in [1.54, 1.807) is 0 Å². The molecule has 1 aliphatic carbocycles. The highest BCUT2D eigenvalue weighted by atomic mass is 16.3. The molecule has 2 nitrogen and oxygen atoms in total. The van der Waals surface area contributed by atoms with Gasteiger partial charge in [-0.2, -0.15) is 0 Å². The normalized spacial score (nSPS) is 13.2. The molecule has 0 fully saturated rings. The Morgan fingerprint density at radius 1 is 0.386 bits per heavy atom. The van der Waals surface area contributed by atoms with Crippen LogP contribution in [0, 0.1) is 0 Å². The molecule has 57 heavy (non-hydrogen) atoms. The summed E-state index contributed by atoms with van der Waals surface area (Å²) in [5.74, 6) is 0. The Bertz CT molecular complexity index is 3450. The maximum absolute atomic E-state index is 7.03. The minimum absolute atomic E-state index is 0.124. The molecule has 0 saturated heterocycles. The molecule has 0 atom stereocenters. The lowest BCUT2D eigenvalue weighted by Gasteiger charge is -2.29. The van der Waals surface area contributed by atoms with Gasteiger partial charge in [-0.25, -0.2) is 0 Å². The summed E-state index contributed by atoms with van der Waals surface area (Å²) >= 11 is 0. The second-order valence-corrected chi connectivity index (χ2v) is 16.1. The molecular weight excluding hydrogens is 691 g/mol. The number of nitrogens with zero attached hydrogens (tertiary/aromatic N) is 1. The van der Waals surface area contributed by atoms with E-state index < -0.39 is 0 Å². The van der Waals surface area contributed by atoms with Gasteiger partial charge in [-0.1, -0.05) is 153 Å². The quantitative estimate of drug-likeness (QED) is 0.168. The first-order chi connectivity index (χ1) is 28.0. The van der Waals surface area contributed by atoms with Crippen molar-refractivity contribution < 1.29 is 4.42 Å². The van der Waals surface area contributed by atoms with Crippen LogP contribution in [0.4, 0.5) is 17.1 Å². The van der Waals surface area contributed by atoms with Crippen LogP contribution in [0.3, 0.4) is 0 Å². The largest absolute Gasteiger partial charge is 0.455 e. The number of rotatable bonds is 4. The molecule has 12 rings (SSSR count).